The molecule has 0 bridgehead atoms. The van der Waals surface area contributed by atoms with Gasteiger partial charge in [-0.25, -0.2) is 4.79 Å². The first-order valence-electron chi connectivity index (χ1n) is 12.9. The van der Waals surface area contributed by atoms with Gasteiger partial charge in [-0.3, -0.25) is 4.79 Å². The molecule has 5 nitrogen and oxygen atoms in total. The number of allylic oxidation sites excluding steroid dienone is 2. The highest BCUT2D eigenvalue weighted by molar-refractivity contribution is 5.98. The van der Waals surface area contributed by atoms with Crippen LogP contribution in [0.15, 0.2) is 57.3 Å². The predicted octanol–water partition coefficient (Wildman–Crippen LogP) is 6.45. The molecular formula is C31H39NO4. The molecule has 0 saturated heterocycles. The second-order valence-electron chi connectivity index (χ2n) is 9.62. The summed E-state index contributed by atoms with van der Waals surface area (Å²) in [6.45, 7) is 16.0. The van der Waals surface area contributed by atoms with Crippen LogP contribution in [0.1, 0.15) is 66.7 Å². The standard InChI is InChI=1S/C31H39NO4/c1-7-32(8-2)16-9-17-35-29-15-14-26-19-27(31(34)36-30(26)23(29)6)20-28(33)25-13-11-22(5)24(18-25)12-10-21(3)4/h10-11,13-15,18-19H,7-9,12,16-17,20H2,1-6H3. The van der Waals surface area contributed by atoms with Crippen LogP contribution in [-0.2, 0) is 12.8 Å². The summed E-state index contributed by atoms with van der Waals surface area (Å²) in [5, 5.41) is 0.790. The van der Waals surface area contributed by atoms with Gasteiger partial charge in [0.05, 0.1) is 6.61 Å². The molecule has 3 aromatic rings. The third kappa shape index (κ3) is 6.94. The van der Waals surface area contributed by atoms with Crippen molar-refractivity contribution in [1.82, 2.24) is 4.90 Å². The van der Waals surface area contributed by atoms with Crippen molar-refractivity contribution in [1.29, 1.82) is 0 Å². The normalized spacial score (nSPS) is 11.2. The summed E-state index contributed by atoms with van der Waals surface area (Å²) < 4.78 is 11.7. The van der Waals surface area contributed by atoms with Crippen LogP contribution in [0.4, 0.5) is 0 Å². The number of Topliss-reactive ketones (excluding diaryl/α,β-unsaturated/α-hetero) is 1. The maximum absolute atomic E-state index is 13.0. The van der Waals surface area contributed by atoms with Crippen LogP contribution in [-0.4, -0.2) is 36.9 Å². The third-order valence-corrected chi connectivity index (χ3v) is 6.70. The molecule has 0 fully saturated rings. The summed E-state index contributed by atoms with van der Waals surface area (Å²) >= 11 is 0. The number of benzene rings is 2. The molecule has 1 aromatic heterocycles. The fourth-order valence-electron chi connectivity index (χ4n) is 4.29. The number of hydrogen-bond acceptors (Lipinski definition) is 5. The Hall–Kier alpha value is -3.18. The van der Waals surface area contributed by atoms with E-state index in [2.05, 4.69) is 38.7 Å². The first kappa shape index (κ1) is 27.4. The van der Waals surface area contributed by atoms with Crippen LogP contribution in [0.2, 0.25) is 0 Å². The zero-order valence-corrected chi connectivity index (χ0v) is 22.6. The molecule has 1 heterocycles. The molecule has 36 heavy (non-hydrogen) atoms. The van der Waals surface area contributed by atoms with Gasteiger partial charge in [-0.05, 0) is 89.0 Å². The summed E-state index contributed by atoms with van der Waals surface area (Å²) in [4.78, 5) is 28.2. The van der Waals surface area contributed by atoms with E-state index < -0.39 is 5.63 Å². The lowest BCUT2D eigenvalue weighted by molar-refractivity contribution is 0.0992. The van der Waals surface area contributed by atoms with Gasteiger partial charge < -0.3 is 14.1 Å². The molecule has 0 aliphatic heterocycles. The van der Waals surface area contributed by atoms with E-state index in [0.717, 1.165) is 60.3 Å². The topological polar surface area (TPSA) is 59.8 Å². The number of carbonyl (C=O) groups is 1. The van der Waals surface area contributed by atoms with E-state index in [1.54, 1.807) is 6.07 Å². The Morgan fingerprint density at radius 2 is 1.78 bits per heavy atom. The molecule has 0 radical (unpaired) electrons. The van der Waals surface area contributed by atoms with E-state index in [9.17, 15) is 9.59 Å². The molecule has 0 spiro atoms. The lowest BCUT2D eigenvalue weighted by Gasteiger charge is -2.18. The number of carbonyl (C=O) groups excluding carboxylic acids is 1. The third-order valence-electron chi connectivity index (χ3n) is 6.70. The predicted molar refractivity (Wildman–Crippen MR) is 147 cm³/mol. The second kappa shape index (κ2) is 12.7. The highest BCUT2D eigenvalue weighted by Gasteiger charge is 2.15. The Kier molecular flexibility index (Phi) is 9.65. The number of aryl methyl sites for hydroxylation is 2. The molecule has 0 atom stereocenters. The van der Waals surface area contributed by atoms with Gasteiger partial charge in [-0.2, -0.15) is 0 Å². The van der Waals surface area contributed by atoms with Crippen molar-refractivity contribution in [3.8, 4) is 5.75 Å². The number of ketones is 1. The van der Waals surface area contributed by atoms with E-state index >= 15 is 0 Å². The maximum atomic E-state index is 13.0. The SMILES string of the molecule is CCN(CC)CCCOc1ccc2cc(CC(=O)c3ccc(C)c(CC=C(C)C)c3)c(=O)oc2c1C. The summed E-state index contributed by atoms with van der Waals surface area (Å²) in [5.74, 6) is 0.627. The highest BCUT2D eigenvalue weighted by atomic mass is 16.5. The summed E-state index contributed by atoms with van der Waals surface area (Å²) in [6, 6.07) is 11.3. The van der Waals surface area contributed by atoms with Crippen LogP contribution >= 0.6 is 0 Å². The van der Waals surface area contributed by atoms with Crippen molar-refractivity contribution in [2.75, 3.05) is 26.2 Å². The molecule has 2 aromatic carbocycles. The van der Waals surface area contributed by atoms with Gasteiger partial charge in [0.1, 0.15) is 11.3 Å². The van der Waals surface area contributed by atoms with Crippen molar-refractivity contribution in [2.45, 2.75) is 60.8 Å². The van der Waals surface area contributed by atoms with Crippen LogP contribution in [0.25, 0.3) is 11.0 Å². The van der Waals surface area contributed by atoms with Gasteiger partial charge in [0.2, 0.25) is 0 Å². The molecule has 0 aliphatic carbocycles. The molecular weight excluding hydrogens is 450 g/mol. The number of hydrogen-bond donors (Lipinski definition) is 0. The molecule has 0 saturated carbocycles. The quantitative estimate of drug-likeness (QED) is 0.127. The average Bonchev–Trinajstić information content (AvgIpc) is 2.85. The van der Waals surface area contributed by atoms with Gasteiger partial charge in [0, 0.05) is 35.0 Å². The van der Waals surface area contributed by atoms with Gasteiger partial charge in [-0.15, -0.1) is 0 Å². The van der Waals surface area contributed by atoms with E-state index in [-0.39, 0.29) is 12.2 Å². The van der Waals surface area contributed by atoms with Crippen LogP contribution < -0.4 is 10.4 Å². The minimum atomic E-state index is -0.477. The molecule has 3 rings (SSSR count). The largest absolute Gasteiger partial charge is 0.493 e. The van der Waals surface area contributed by atoms with Crippen LogP contribution in [0, 0.1) is 13.8 Å². The lowest BCUT2D eigenvalue weighted by atomic mass is 9.97. The van der Waals surface area contributed by atoms with E-state index in [4.69, 9.17) is 9.15 Å². The molecule has 0 amide bonds. The first-order chi connectivity index (χ1) is 17.2. The van der Waals surface area contributed by atoms with Crippen LogP contribution in [0.3, 0.4) is 0 Å². The van der Waals surface area contributed by atoms with E-state index in [1.807, 2.05) is 44.2 Å². The molecule has 0 N–H and O–H groups in total. The van der Waals surface area contributed by atoms with Crippen molar-refractivity contribution in [3.63, 3.8) is 0 Å². The maximum Gasteiger partial charge on any atom is 0.339 e. The van der Waals surface area contributed by atoms with Gasteiger partial charge in [-0.1, -0.05) is 37.6 Å². The van der Waals surface area contributed by atoms with Crippen molar-refractivity contribution >= 4 is 16.8 Å². The van der Waals surface area contributed by atoms with E-state index in [1.165, 1.54) is 5.57 Å². The molecule has 0 aliphatic rings. The summed E-state index contributed by atoms with van der Waals surface area (Å²) in [5.41, 5.74) is 5.32. The lowest BCUT2D eigenvalue weighted by Crippen LogP contribution is -2.25. The van der Waals surface area contributed by atoms with Crippen LogP contribution in [0.5, 0.6) is 5.75 Å². The Bertz CT molecular complexity index is 1290. The Morgan fingerprint density at radius 3 is 2.47 bits per heavy atom. The van der Waals surface area contributed by atoms with Gasteiger partial charge >= 0.3 is 5.63 Å². The van der Waals surface area contributed by atoms with Gasteiger partial charge in [0.25, 0.3) is 0 Å². The fraction of sp³-hybridized carbons (Fsp3) is 0.419. The summed E-state index contributed by atoms with van der Waals surface area (Å²) in [6.07, 6.45) is 3.87. The molecule has 0 unspecified atom stereocenters. The number of ether oxygens (including phenoxy) is 1. The van der Waals surface area contributed by atoms with Gasteiger partial charge in [0.15, 0.2) is 5.78 Å². The highest BCUT2D eigenvalue weighted by Crippen LogP contribution is 2.27. The molecule has 5 heteroatoms. The van der Waals surface area contributed by atoms with E-state index in [0.29, 0.717) is 23.3 Å². The van der Waals surface area contributed by atoms with Crippen molar-refractivity contribution in [3.05, 3.63) is 86.3 Å². The molecule has 192 valence electrons. The first-order valence-corrected chi connectivity index (χ1v) is 12.9. The zero-order chi connectivity index (χ0) is 26.2. The van der Waals surface area contributed by atoms with Crippen molar-refractivity contribution in [2.24, 2.45) is 0 Å². The van der Waals surface area contributed by atoms with Crippen molar-refractivity contribution < 1.29 is 13.9 Å². The number of fused-ring (bicyclic) bond motifs is 1. The fourth-order valence-corrected chi connectivity index (χ4v) is 4.29. The second-order valence-corrected chi connectivity index (χ2v) is 9.62. The number of rotatable bonds is 12. The zero-order valence-electron chi connectivity index (χ0n) is 22.6. The monoisotopic (exact) mass is 489 g/mol. The minimum Gasteiger partial charge on any atom is -0.493 e. The minimum absolute atomic E-state index is 0.00603. The number of nitrogens with zero attached hydrogens (tertiary/aromatic N) is 1. The smallest absolute Gasteiger partial charge is 0.339 e. The Morgan fingerprint density at radius 1 is 1.03 bits per heavy atom. The summed E-state index contributed by atoms with van der Waals surface area (Å²) in [7, 11) is 0. The Balaban J connectivity index is 1.75. The Labute approximate surface area is 214 Å². The average molecular weight is 490 g/mol.